The van der Waals surface area contributed by atoms with Crippen molar-refractivity contribution in [3.8, 4) is 17.6 Å². The van der Waals surface area contributed by atoms with Gasteiger partial charge < -0.3 is 4.74 Å². The molecular weight excluding hydrogens is 394 g/mol. The number of nitriles is 1. The second kappa shape index (κ2) is 8.59. The van der Waals surface area contributed by atoms with Gasteiger partial charge >= 0.3 is 5.69 Å². The average molecular weight is 415 g/mol. The molecule has 1 heterocycles. The van der Waals surface area contributed by atoms with Crippen LogP contribution in [0.3, 0.4) is 0 Å². The molecule has 3 rings (SSSR count). The Labute approximate surface area is 169 Å². The summed E-state index contributed by atoms with van der Waals surface area (Å²) in [5.74, 6) is 0.560. The number of benzene rings is 2. The van der Waals surface area contributed by atoms with Crippen LogP contribution in [0.4, 0.5) is 5.69 Å². The fourth-order valence-corrected chi connectivity index (χ4v) is 4.91. The summed E-state index contributed by atoms with van der Waals surface area (Å²) in [5.41, 5.74) is 0.379. The van der Waals surface area contributed by atoms with Gasteiger partial charge in [-0.05, 0) is 48.6 Å². The van der Waals surface area contributed by atoms with E-state index in [0.29, 0.717) is 18.8 Å². The van der Waals surface area contributed by atoms with Gasteiger partial charge in [0.05, 0.1) is 22.3 Å². The minimum absolute atomic E-state index is 0.0472. The molecule has 1 aliphatic heterocycles. The molecule has 1 aliphatic rings. The molecule has 9 heteroatoms. The van der Waals surface area contributed by atoms with Crippen LogP contribution in [0.2, 0.25) is 0 Å². The van der Waals surface area contributed by atoms with Crippen LogP contribution in [0, 0.1) is 27.4 Å². The smallest absolute Gasteiger partial charge is 0.312 e. The SMILES string of the molecule is C[C@@H]1CCCN(S(=O)(=O)c2ccc(Oc3ccc(CC#N)cc3)c([N+](=O)[O-])c2)C1. The van der Waals surface area contributed by atoms with Gasteiger partial charge in [-0.1, -0.05) is 19.1 Å². The first-order valence-corrected chi connectivity index (χ1v) is 10.7. The van der Waals surface area contributed by atoms with E-state index in [1.807, 2.05) is 13.0 Å². The van der Waals surface area contributed by atoms with E-state index in [-0.39, 0.29) is 23.0 Å². The van der Waals surface area contributed by atoms with E-state index in [2.05, 4.69) is 0 Å². The highest BCUT2D eigenvalue weighted by Gasteiger charge is 2.31. The van der Waals surface area contributed by atoms with Crippen LogP contribution < -0.4 is 4.74 Å². The quantitative estimate of drug-likeness (QED) is 0.523. The van der Waals surface area contributed by atoms with Crippen LogP contribution in [0.25, 0.3) is 0 Å². The molecule has 0 N–H and O–H groups in total. The fraction of sp³-hybridized carbons (Fsp3) is 0.350. The lowest BCUT2D eigenvalue weighted by Crippen LogP contribution is -2.39. The van der Waals surface area contributed by atoms with Crippen LogP contribution in [0.1, 0.15) is 25.3 Å². The van der Waals surface area contributed by atoms with Gasteiger partial charge in [-0.25, -0.2) is 8.42 Å². The first-order chi connectivity index (χ1) is 13.8. The van der Waals surface area contributed by atoms with Gasteiger partial charge in [0.25, 0.3) is 0 Å². The Morgan fingerprint density at radius 2 is 2.00 bits per heavy atom. The van der Waals surface area contributed by atoms with Gasteiger partial charge in [-0.3, -0.25) is 10.1 Å². The molecule has 0 aliphatic carbocycles. The van der Waals surface area contributed by atoms with E-state index in [0.717, 1.165) is 24.5 Å². The van der Waals surface area contributed by atoms with E-state index in [1.165, 1.54) is 16.4 Å². The van der Waals surface area contributed by atoms with Crippen LogP contribution in [-0.2, 0) is 16.4 Å². The molecule has 0 spiro atoms. The van der Waals surface area contributed by atoms with Crippen LogP contribution in [0.5, 0.6) is 11.5 Å². The summed E-state index contributed by atoms with van der Waals surface area (Å²) >= 11 is 0. The number of rotatable bonds is 6. The standard InChI is InChI=1S/C20H21N3O5S/c1-15-3-2-12-22(14-15)29(26,27)18-8-9-20(19(13-18)23(24)25)28-17-6-4-16(5-7-17)10-11-21/h4-9,13,15H,2-3,10,12,14H2,1H3/t15-/m1/s1. The third-order valence-corrected chi connectivity index (χ3v) is 6.68. The molecule has 29 heavy (non-hydrogen) atoms. The predicted molar refractivity (Wildman–Crippen MR) is 106 cm³/mol. The third kappa shape index (κ3) is 4.72. The van der Waals surface area contributed by atoms with Crippen LogP contribution in [0.15, 0.2) is 47.4 Å². The highest BCUT2D eigenvalue weighted by atomic mass is 32.2. The normalized spacial score (nSPS) is 17.4. The summed E-state index contributed by atoms with van der Waals surface area (Å²) in [5, 5.41) is 20.3. The average Bonchev–Trinajstić information content (AvgIpc) is 2.69. The highest BCUT2D eigenvalue weighted by molar-refractivity contribution is 7.89. The minimum atomic E-state index is -3.81. The highest BCUT2D eigenvalue weighted by Crippen LogP contribution is 2.35. The summed E-state index contributed by atoms with van der Waals surface area (Å²) in [7, 11) is -3.81. The zero-order valence-corrected chi connectivity index (χ0v) is 16.8. The first-order valence-electron chi connectivity index (χ1n) is 9.23. The Hall–Kier alpha value is -2.96. The van der Waals surface area contributed by atoms with Gasteiger partial charge in [0.1, 0.15) is 5.75 Å². The van der Waals surface area contributed by atoms with Crippen molar-refractivity contribution in [2.75, 3.05) is 13.1 Å². The Morgan fingerprint density at radius 1 is 1.28 bits per heavy atom. The summed E-state index contributed by atoms with van der Waals surface area (Å²) in [6, 6.07) is 12.3. The first kappa shape index (κ1) is 20.8. The van der Waals surface area contributed by atoms with E-state index in [1.54, 1.807) is 24.3 Å². The van der Waals surface area contributed by atoms with E-state index in [9.17, 15) is 18.5 Å². The molecule has 2 aromatic rings. The molecule has 0 radical (unpaired) electrons. The van der Waals surface area contributed by atoms with E-state index < -0.39 is 20.6 Å². The zero-order valence-electron chi connectivity index (χ0n) is 15.9. The maximum atomic E-state index is 12.9. The number of piperidine rings is 1. The van der Waals surface area contributed by atoms with Crippen molar-refractivity contribution in [1.29, 1.82) is 5.26 Å². The molecule has 0 amide bonds. The number of sulfonamides is 1. The van der Waals surface area contributed by atoms with Crippen molar-refractivity contribution < 1.29 is 18.1 Å². The molecule has 1 atom stereocenters. The summed E-state index contributed by atoms with van der Waals surface area (Å²) < 4.78 is 32.8. The van der Waals surface area contributed by atoms with Crippen molar-refractivity contribution in [2.45, 2.75) is 31.1 Å². The lowest BCUT2D eigenvalue weighted by Gasteiger charge is -2.30. The third-order valence-electron chi connectivity index (χ3n) is 4.82. The monoisotopic (exact) mass is 415 g/mol. The number of nitro benzene ring substituents is 1. The molecule has 0 saturated carbocycles. The van der Waals surface area contributed by atoms with Crippen molar-refractivity contribution in [1.82, 2.24) is 4.31 Å². The van der Waals surface area contributed by atoms with Gasteiger partial charge in [0, 0.05) is 19.2 Å². The van der Waals surface area contributed by atoms with E-state index >= 15 is 0 Å². The van der Waals surface area contributed by atoms with Gasteiger partial charge in [0.15, 0.2) is 0 Å². The van der Waals surface area contributed by atoms with Crippen molar-refractivity contribution in [3.05, 3.63) is 58.1 Å². The van der Waals surface area contributed by atoms with Gasteiger partial charge in [0.2, 0.25) is 15.8 Å². The summed E-state index contributed by atoms with van der Waals surface area (Å²) in [4.78, 5) is 10.8. The van der Waals surface area contributed by atoms with Crippen LogP contribution >= 0.6 is 0 Å². The predicted octanol–water partition coefficient (Wildman–Crippen LogP) is 3.87. The van der Waals surface area contributed by atoms with Gasteiger partial charge in [-0.2, -0.15) is 9.57 Å². The molecular formula is C20H21N3O5S. The number of hydrogen-bond donors (Lipinski definition) is 0. The molecule has 152 valence electrons. The fourth-order valence-electron chi connectivity index (χ4n) is 3.29. The number of ether oxygens (including phenoxy) is 1. The lowest BCUT2D eigenvalue weighted by atomic mass is 10.0. The molecule has 1 fully saturated rings. The Balaban J connectivity index is 1.89. The Kier molecular flexibility index (Phi) is 6.15. The maximum absolute atomic E-state index is 12.9. The molecule has 2 aromatic carbocycles. The van der Waals surface area contributed by atoms with Crippen LogP contribution in [-0.4, -0.2) is 30.7 Å². The summed E-state index contributed by atoms with van der Waals surface area (Å²) in [6.07, 6.45) is 1.99. The van der Waals surface area contributed by atoms with Crippen molar-refractivity contribution in [3.63, 3.8) is 0 Å². The minimum Gasteiger partial charge on any atom is -0.450 e. The van der Waals surface area contributed by atoms with Crippen molar-refractivity contribution in [2.24, 2.45) is 5.92 Å². The lowest BCUT2D eigenvalue weighted by molar-refractivity contribution is -0.385. The topological polar surface area (TPSA) is 114 Å². The summed E-state index contributed by atoms with van der Waals surface area (Å²) in [6.45, 7) is 2.81. The largest absolute Gasteiger partial charge is 0.450 e. The second-order valence-electron chi connectivity index (χ2n) is 7.08. The van der Waals surface area contributed by atoms with E-state index in [4.69, 9.17) is 10.00 Å². The molecule has 1 saturated heterocycles. The number of hydrogen-bond acceptors (Lipinski definition) is 6. The number of nitro groups is 1. The number of nitrogens with zero attached hydrogens (tertiary/aromatic N) is 3. The molecule has 0 bridgehead atoms. The molecule has 0 aromatic heterocycles. The van der Waals surface area contributed by atoms with Crippen molar-refractivity contribution >= 4 is 15.7 Å². The second-order valence-corrected chi connectivity index (χ2v) is 9.02. The molecule has 0 unspecified atom stereocenters. The van der Waals surface area contributed by atoms with Gasteiger partial charge in [-0.15, -0.1) is 0 Å². The maximum Gasteiger partial charge on any atom is 0.312 e. The Bertz CT molecular complexity index is 1040. The Morgan fingerprint density at radius 3 is 2.62 bits per heavy atom. The molecule has 8 nitrogen and oxygen atoms in total. The zero-order chi connectivity index (χ0) is 21.0.